The second-order valence-electron chi connectivity index (χ2n) is 5.26. The molecule has 2 rings (SSSR count). The summed E-state index contributed by atoms with van der Waals surface area (Å²) in [6.45, 7) is 0.271. The van der Waals surface area contributed by atoms with Crippen LogP contribution in [-0.2, 0) is 10.2 Å². The molecule has 0 bridgehead atoms. The van der Waals surface area contributed by atoms with E-state index in [9.17, 15) is 13.6 Å². The molecule has 0 spiro atoms. The predicted molar refractivity (Wildman–Crippen MR) is 69.7 cm³/mol. The standard InChI is InChI=1S/C14H18F2N2O2/c1-20-12(19)10-2-3-11(18-8-10)13(9-17)4-6-14(15,16)7-5-13/h2-3,8H,4-7,9,17H2,1H3. The van der Waals surface area contributed by atoms with E-state index in [0.29, 0.717) is 24.1 Å². The lowest BCUT2D eigenvalue weighted by Crippen LogP contribution is -2.42. The van der Waals surface area contributed by atoms with Crippen molar-refractivity contribution in [2.24, 2.45) is 5.73 Å². The molecule has 20 heavy (non-hydrogen) atoms. The molecule has 1 fully saturated rings. The van der Waals surface area contributed by atoms with Gasteiger partial charge in [0.2, 0.25) is 5.92 Å². The van der Waals surface area contributed by atoms with Gasteiger partial charge in [0.25, 0.3) is 0 Å². The van der Waals surface area contributed by atoms with Crippen LogP contribution in [0.1, 0.15) is 41.7 Å². The first-order valence-corrected chi connectivity index (χ1v) is 6.55. The maximum absolute atomic E-state index is 13.3. The van der Waals surface area contributed by atoms with E-state index in [1.165, 1.54) is 13.3 Å². The molecule has 0 atom stereocenters. The number of carbonyl (C=O) groups is 1. The van der Waals surface area contributed by atoms with Crippen molar-refractivity contribution in [2.45, 2.75) is 37.0 Å². The number of aromatic nitrogens is 1. The number of pyridine rings is 1. The minimum absolute atomic E-state index is 0.176. The molecule has 1 aromatic rings. The van der Waals surface area contributed by atoms with E-state index in [0.717, 1.165) is 0 Å². The number of rotatable bonds is 3. The average Bonchev–Trinajstić information content (AvgIpc) is 2.47. The second-order valence-corrected chi connectivity index (χ2v) is 5.26. The van der Waals surface area contributed by atoms with Crippen molar-refractivity contribution < 1.29 is 18.3 Å². The maximum Gasteiger partial charge on any atom is 0.339 e. The summed E-state index contributed by atoms with van der Waals surface area (Å²) in [6.07, 6.45) is 1.67. The van der Waals surface area contributed by atoms with E-state index in [1.807, 2.05) is 0 Å². The fraction of sp³-hybridized carbons (Fsp3) is 0.571. The Morgan fingerprint density at radius 1 is 1.35 bits per heavy atom. The van der Waals surface area contributed by atoms with E-state index in [-0.39, 0.29) is 19.4 Å². The number of nitrogens with two attached hydrogens (primary N) is 1. The molecule has 0 aliphatic heterocycles. The Morgan fingerprint density at radius 3 is 2.45 bits per heavy atom. The van der Waals surface area contributed by atoms with Crippen molar-refractivity contribution in [1.82, 2.24) is 4.98 Å². The molecule has 4 nitrogen and oxygen atoms in total. The molecule has 2 N–H and O–H groups in total. The SMILES string of the molecule is COC(=O)c1ccc(C2(CN)CCC(F)(F)CC2)nc1. The molecule has 1 saturated carbocycles. The summed E-state index contributed by atoms with van der Waals surface area (Å²) in [7, 11) is 1.29. The smallest absolute Gasteiger partial charge is 0.339 e. The third-order valence-corrected chi connectivity index (χ3v) is 4.06. The Morgan fingerprint density at radius 2 is 2.00 bits per heavy atom. The van der Waals surface area contributed by atoms with E-state index in [4.69, 9.17) is 5.73 Å². The monoisotopic (exact) mass is 284 g/mol. The van der Waals surface area contributed by atoms with Crippen molar-refractivity contribution in [2.75, 3.05) is 13.7 Å². The number of carbonyl (C=O) groups excluding carboxylic acids is 1. The van der Waals surface area contributed by atoms with Crippen LogP contribution in [0.5, 0.6) is 0 Å². The van der Waals surface area contributed by atoms with E-state index >= 15 is 0 Å². The highest BCUT2D eigenvalue weighted by Crippen LogP contribution is 2.44. The van der Waals surface area contributed by atoms with Gasteiger partial charge in [-0.3, -0.25) is 4.98 Å². The zero-order valence-corrected chi connectivity index (χ0v) is 11.4. The maximum atomic E-state index is 13.3. The lowest BCUT2D eigenvalue weighted by molar-refractivity contribution is -0.0514. The van der Waals surface area contributed by atoms with Gasteiger partial charge in [0.15, 0.2) is 0 Å². The van der Waals surface area contributed by atoms with Crippen molar-refractivity contribution in [1.29, 1.82) is 0 Å². The lowest BCUT2D eigenvalue weighted by Gasteiger charge is -2.38. The second kappa shape index (κ2) is 5.44. The third-order valence-electron chi connectivity index (χ3n) is 4.06. The van der Waals surface area contributed by atoms with Crippen LogP contribution >= 0.6 is 0 Å². The number of nitrogens with zero attached hydrogens (tertiary/aromatic N) is 1. The van der Waals surface area contributed by atoms with Gasteiger partial charge >= 0.3 is 5.97 Å². The number of methoxy groups -OCH3 is 1. The van der Waals surface area contributed by atoms with Gasteiger partial charge in [-0.05, 0) is 25.0 Å². The molecular formula is C14H18F2N2O2. The molecule has 0 unspecified atom stereocenters. The summed E-state index contributed by atoms with van der Waals surface area (Å²) in [5.74, 6) is -3.08. The average molecular weight is 284 g/mol. The highest BCUT2D eigenvalue weighted by molar-refractivity contribution is 5.88. The molecule has 0 saturated heterocycles. The molecule has 1 aliphatic carbocycles. The number of hydrogen-bond acceptors (Lipinski definition) is 4. The van der Waals surface area contributed by atoms with Crippen LogP contribution in [0.4, 0.5) is 8.78 Å². The Hall–Kier alpha value is -1.56. The first-order valence-electron chi connectivity index (χ1n) is 6.55. The third kappa shape index (κ3) is 2.80. The van der Waals surface area contributed by atoms with Crippen LogP contribution in [0, 0.1) is 0 Å². The van der Waals surface area contributed by atoms with E-state index in [2.05, 4.69) is 9.72 Å². The summed E-state index contributed by atoms with van der Waals surface area (Å²) in [6, 6.07) is 3.28. The van der Waals surface area contributed by atoms with Gasteiger partial charge in [-0.2, -0.15) is 0 Å². The molecule has 0 aromatic carbocycles. The summed E-state index contributed by atoms with van der Waals surface area (Å²) in [4.78, 5) is 15.6. The first kappa shape index (κ1) is 14.8. The lowest BCUT2D eigenvalue weighted by atomic mass is 9.70. The van der Waals surface area contributed by atoms with Crippen LogP contribution in [0.3, 0.4) is 0 Å². The molecule has 110 valence electrons. The Labute approximate surface area is 116 Å². The van der Waals surface area contributed by atoms with Gasteiger partial charge in [0, 0.05) is 36.7 Å². The van der Waals surface area contributed by atoms with Gasteiger partial charge in [0.1, 0.15) is 0 Å². The van der Waals surface area contributed by atoms with Crippen LogP contribution in [0.15, 0.2) is 18.3 Å². The molecule has 1 aromatic heterocycles. The summed E-state index contributed by atoms with van der Waals surface area (Å²) in [5.41, 5.74) is 6.30. The first-order chi connectivity index (χ1) is 9.42. The normalized spacial score (nSPS) is 20.4. The minimum Gasteiger partial charge on any atom is -0.465 e. The van der Waals surface area contributed by atoms with Gasteiger partial charge in [-0.15, -0.1) is 0 Å². The highest BCUT2D eigenvalue weighted by Gasteiger charge is 2.44. The summed E-state index contributed by atoms with van der Waals surface area (Å²) < 4.78 is 31.2. The number of ether oxygens (including phenoxy) is 1. The van der Waals surface area contributed by atoms with Crippen LogP contribution in [0.2, 0.25) is 0 Å². The molecule has 6 heteroatoms. The van der Waals surface area contributed by atoms with Crippen LogP contribution in [-0.4, -0.2) is 30.5 Å². The molecular weight excluding hydrogens is 266 g/mol. The number of hydrogen-bond donors (Lipinski definition) is 1. The Bertz CT molecular complexity index is 478. The fourth-order valence-electron chi connectivity index (χ4n) is 2.61. The van der Waals surface area contributed by atoms with Crippen LogP contribution in [0.25, 0.3) is 0 Å². The van der Waals surface area contributed by atoms with E-state index in [1.54, 1.807) is 12.1 Å². The molecule has 1 aliphatic rings. The zero-order chi connectivity index (χ0) is 14.8. The topological polar surface area (TPSA) is 65.2 Å². The number of esters is 1. The Kier molecular flexibility index (Phi) is 4.04. The zero-order valence-electron chi connectivity index (χ0n) is 11.4. The van der Waals surface area contributed by atoms with Crippen molar-refractivity contribution in [3.8, 4) is 0 Å². The molecule has 1 heterocycles. The van der Waals surface area contributed by atoms with Crippen molar-refractivity contribution >= 4 is 5.97 Å². The number of halogens is 2. The quantitative estimate of drug-likeness (QED) is 0.865. The van der Waals surface area contributed by atoms with Crippen molar-refractivity contribution in [3.05, 3.63) is 29.6 Å². The number of alkyl halides is 2. The van der Waals surface area contributed by atoms with Gasteiger partial charge in [0.05, 0.1) is 12.7 Å². The Balaban J connectivity index is 2.22. The highest BCUT2D eigenvalue weighted by atomic mass is 19.3. The van der Waals surface area contributed by atoms with E-state index < -0.39 is 17.3 Å². The molecule has 0 amide bonds. The fourth-order valence-corrected chi connectivity index (χ4v) is 2.61. The molecule has 0 radical (unpaired) electrons. The van der Waals surface area contributed by atoms with Crippen LogP contribution < -0.4 is 5.73 Å². The van der Waals surface area contributed by atoms with Gasteiger partial charge in [-0.25, -0.2) is 13.6 Å². The van der Waals surface area contributed by atoms with Gasteiger partial charge in [-0.1, -0.05) is 0 Å². The summed E-state index contributed by atoms with van der Waals surface area (Å²) >= 11 is 0. The summed E-state index contributed by atoms with van der Waals surface area (Å²) in [5, 5.41) is 0. The largest absolute Gasteiger partial charge is 0.465 e. The predicted octanol–water partition coefficient (Wildman–Crippen LogP) is 2.27. The van der Waals surface area contributed by atoms with Crippen molar-refractivity contribution in [3.63, 3.8) is 0 Å². The van der Waals surface area contributed by atoms with Gasteiger partial charge < -0.3 is 10.5 Å². The minimum atomic E-state index is -2.61.